The third-order valence-corrected chi connectivity index (χ3v) is 9.69. The molecule has 0 bridgehead atoms. The fourth-order valence-corrected chi connectivity index (χ4v) is 8.39. The summed E-state index contributed by atoms with van der Waals surface area (Å²) < 4.78 is 0. The first kappa shape index (κ1) is 17.4. The molecule has 0 aromatic heterocycles. The average Bonchev–Trinajstić information content (AvgIpc) is 2.89. The Balaban J connectivity index is 1.59. The molecule has 0 aromatic rings. The summed E-state index contributed by atoms with van der Waals surface area (Å²) in [6.45, 7) is 7.55. The first-order chi connectivity index (χ1) is 11.5. The maximum absolute atomic E-state index is 11.0. The third kappa shape index (κ3) is 2.43. The lowest BCUT2D eigenvalue weighted by atomic mass is 9.44. The van der Waals surface area contributed by atoms with E-state index in [1.54, 1.807) is 0 Å². The van der Waals surface area contributed by atoms with Gasteiger partial charge >= 0.3 is 0 Å². The molecule has 4 aliphatic carbocycles. The lowest BCUT2D eigenvalue weighted by molar-refractivity contribution is -0.157. The Morgan fingerprint density at radius 1 is 0.875 bits per heavy atom. The van der Waals surface area contributed by atoms with E-state index >= 15 is 0 Å². The SMILES string of the molecule is CCCCC1CCC2C3CC(O)C4CCCCC4(C)C3CCC12C. The molecule has 8 atom stereocenters. The molecule has 1 nitrogen and oxygen atoms in total. The Hall–Kier alpha value is -0.0400. The van der Waals surface area contributed by atoms with Gasteiger partial charge in [0.25, 0.3) is 0 Å². The van der Waals surface area contributed by atoms with E-state index in [9.17, 15) is 5.11 Å². The molecule has 138 valence electrons. The minimum atomic E-state index is -0.00593. The lowest BCUT2D eigenvalue weighted by Gasteiger charge is -2.61. The van der Waals surface area contributed by atoms with Crippen LogP contribution in [-0.4, -0.2) is 11.2 Å². The molecule has 0 radical (unpaired) electrons. The normalized spacial score (nSPS) is 54.0. The highest BCUT2D eigenvalue weighted by atomic mass is 16.3. The van der Waals surface area contributed by atoms with Gasteiger partial charge in [0.05, 0.1) is 6.10 Å². The fourth-order valence-electron chi connectivity index (χ4n) is 8.39. The van der Waals surface area contributed by atoms with Gasteiger partial charge in [-0.15, -0.1) is 0 Å². The third-order valence-electron chi connectivity index (χ3n) is 9.69. The van der Waals surface area contributed by atoms with Crippen molar-refractivity contribution < 1.29 is 5.11 Å². The number of hydrogen-bond acceptors (Lipinski definition) is 1. The van der Waals surface area contributed by atoms with E-state index in [4.69, 9.17) is 0 Å². The molecule has 0 aromatic carbocycles. The van der Waals surface area contributed by atoms with E-state index in [-0.39, 0.29) is 6.10 Å². The van der Waals surface area contributed by atoms with E-state index in [1.165, 1.54) is 70.6 Å². The summed E-state index contributed by atoms with van der Waals surface area (Å²) in [5.41, 5.74) is 1.04. The highest BCUT2D eigenvalue weighted by Crippen LogP contribution is 2.67. The summed E-state index contributed by atoms with van der Waals surface area (Å²) in [6, 6.07) is 0. The predicted molar refractivity (Wildman–Crippen MR) is 101 cm³/mol. The lowest BCUT2D eigenvalue weighted by Crippen LogP contribution is -2.56. The molecule has 24 heavy (non-hydrogen) atoms. The highest BCUT2D eigenvalue weighted by molar-refractivity contribution is 5.10. The van der Waals surface area contributed by atoms with Gasteiger partial charge in [-0.1, -0.05) is 46.5 Å². The van der Waals surface area contributed by atoms with Crippen LogP contribution in [0.4, 0.5) is 0 Å². The van der Waals surface area contributed by atoms with E-state index in [1.807, 2.05) is 0 Å². The van der Waals surface area contributed by atoms with Crippen molar-refractivity contribution in [3.63, 3.8) is 0 Å². The van der Waals surface area contributed by atoms with Crippen molar-refractivity contribution in [2.24, 2.45) is 40.4 Å². The molecule has 4 fully saturated rings. The number of aliphatic hydroxyl groups excluding tert-OH is 1. The minimum absolute atomic E-state index is 0.00593. The Morgan fingerprint density at radius 2 is 1.67 bits per heavy atom. The van der Waals surface area contributed by atoms with Crippen molar-refractivity contribution in [1.82, 2.24) is 0 Å². The second-order valence-electron chi connectivity index (χ2n) is 10.5. The van der Waals surface area contributed by atoms with Gasteiger partial charge in [0.2, 0.25) is 0 Å². The molecular formula is C23H40O. The number of aliphatic hydroxyl groups is 1. The molecule has 0 saturated heterocycles. The zero-order valence-electron chi connectivity index (χ0n) is 16.4. The molecule has 0 aliphatic heterocycles. The summed E-state index contributed by atoms with van der Waals surface area (Å²) in [5.74, 6) is 4.22. The summed E-state index contributed by atoms with van der Waals surface area (Å²) >= 11 is 0. The first-order valence-electron chi connectivity index (χ1n) is 11.2. The van der Waals surface area contributed by atoms with Gasteiger partial charge < -0.3 is 5.11 Å². The highest BCUT2D eigenvalue weighted by Gasteiger charge is 2.61. The minimum Gasteiger partial charge on any atom is -0.393 e. The number of hydrogen-bond donors (Lipinski definition) is 1. The largest absolute Gasteiger partial charge is 0.393 e. The van der Waals surface area contributed by atoms with Crippen LogP contribution in [0.25, 0.3) is 0 Å². The molecule has 4 aliphatic rings. The van der Waals surface area contributed by atoms with Crippen LogP contribution in [0.1, 0.15) is 97.8 Å². The van der Waals surface area contributed by atoms with Gasteiger partial charge in [0.1, 0.15) is 0 Å². The van der Waals surface area contributed by atoms with Crippen molar-refractivity contribution in [2.45, 2.75) is 104 Å². The Kier molecular flexibility index (Phi) is 4.55. The van der Waals surface area contributed by atoms with Gasteiger partial charge in [-0.3, -0.25) is 0 Å². The molecule has 4 rings (SSSR count). The maximum atomic E-state index is 11.0. The summed E-state index contributed by atoms with van der Waals surface area (Å²) in [4.78, 5) is 0. The molecule has 0 heterocycles. The van der Waals surface area contributed by atoms with Crippen LogP contribution in [0.15, 0.2) is 0 Å². The molecule has 1 heteroatoms. The number of fused-ring (bicyclic) bond motifs is 5. The van der Waals surface area contributed by atoms with Crippen molar-refractivity contribution in [2.75, 3.05) is 0 Å². The number of rotatable bonds is 3. The van der Waals surface area contributed by atoms with Gasteiger partial charge in [0.15, 0.2) is 0 Å². The predicted octanol–water partition coefficient (Wildman–Crippen LogP) is 6.20. The topological polar surface area (TPSA) is 20.2 Å². The monoisotopic (exact) mass is 332 g/mol. The summed E-state index contributed by atoms with van der Waals surface area (Å²) in [7, 11) is 0. The molecule has 1 N–H and O–H groups in total. The standard InChI is InChI=1S/C23H40O/c1-4-5-8-16-10-11-18-17-15-21(24)20-9-6-7-13-23(20,3)19(17)12-14-22(16,18)2/h16-21,24H,4-15H2,1-3H3. The van der Waals surface area contributed by atoms with Crippen LogP contribution in [0.5, 0.6) is 0 Å². The molecule has 4 saturated carbocycles. The van der Waals surface area contributed by atoms with Crippen LogP contribution >= 0.6 is 0 Å². The van der Waals surface area contributed by atoms with Crippen LogP contribution in [0.3, 0.4) is 0 Å². The first-order valence-corrected chi connectivity index (χ1v) is 11.2. The van der Waals surface area contributed by atoms with E-state index in [2.05, 4.69) is 20.8 Å². The smallest absolute Gasteiger partial charge is 0.0576 e. The molecular weight excluding hydrogens is 292 g/mol. The second kappa shape index (κ2) is 6.29. The molecule has 8 unspecified atom stereocenters. The van der Waals surface area contributed by atoms with Crippen LogP contribution in [0.2, 0.25) is 0 Å². The van der Waals surface area contributed by atoms with E-state index in [0.29, 0.717) is 16.7 Å². The van der Waals surface area contributed by atoms with Crippen molar-refractivity contribution in [3.8, 4) is 0 Å². The zero-order valence-corrected chi connectivity index (χ0v) is 16.4. The molecule has 0 spiro atoms. The van der Waals surface area contributed by atoms with E-state index in [0.717, 1.165) is 30.1 Å². The van der Waals surface area contributed by atoms with Crippen LogP contribution in [0, 0.1) is 40.4 Å². The fraction of sp³-hybridized carbons (Fsp3) is 1.00. The average molecular weight is 333 g/mol. The van der Waals surface area contributed by atoms with E-state index < -0.39 is 0 Å². The second-order valence-corrected chi connectivity index (χ2v) is 10.5. The zero-order chi connectivity index (χ0) is 16.9. The Morgan fingerprint density at radius 3 is 2.46 bits per heavy atom. The Labute approximate surface area is 150 Å². The quantitative estimate of drug-likeness (QED) is 0.652. The van der Waals surface area contributed by atoms with Crippen molar-refractivity contribution in [3.05, 3.63) is 0 Å². The van der Waals surface area contributed by atoms with Gasteiger partial charge in [-0.25, -0.2) is 0 Å². The van der Waals surface area contributed by atoms with Gasteiger partial charge in [-0.05, 0) is 91.8 Å². The van der Waals surface area contributed by atoms with Crippen molar-refractivity contribution in [1.29, 1.82) is 0 Å². The van der Waals surface area contributed by atoms with Crippen molar-refractivity contribution >= 4 is 0 Å². The van der Waals surface area contributed by atoms with Gasteiger partial charge in [0, 0.05) is 0 Å². The maximum Gasteiger partial charge on any atom is 0.0576 e. The van der Waals surface area contributed by atoms with Crippen LogP contribution in [-0.2, 0) is 0 Å². The summed E-state index contributed by atoms with van der Waals surface area (Å²) in [5, 5.41) is 11.0. The van der Waals surface area contributed by atoms with Gasteiger partial charge in [-0.2, -0.15) is 0 Å². The van der Waals surface area contributed by atoms with Crippen LogP contribution < -0.4 is 0 Å². The molecule has 0 amide bonds. The number of unbranched alkanes of at least 4 members (excludes halogenated alkanes) is 1. The summed E-state index contributed by atoms with van der Waals surface area (Å²) in [6.07, 6.45) is 16.7. The Bertz CT molecular complexity index is 459.